The van der Waals surface area contributed by atoms with E-state index in [1.165, 1.54) is 25.8 Å². The molecule has 2 rings (SSSR count). The molecule has 2 N–H and O–H groups in total. The molecule has 144 valence electrons. The van der Waals surface area contributed by atoms with Crippen LogP contribution in [0.15, 0.2) is 4.99 Å². The standard InChI is InChI=1S/C18H35N5O2/c1-5-21-9-7-6-8-15(21)14-20-16(19)22-10-12-23(13-11-22)17(24)25-18(2,3)4/h15H,5-14H2,1-4H3,(H2,19,20). The van der Waals surface area contributed by atoms with E-state index in [1.807, 2.05) is 20.8 Å². The Labute approximate surface area is 152 Å². The van der Waals surface area contributed by atoms with E-state index in [9.17, 15) is 4.79 Å². The molecule has 7 heteroatoms. The third kappa shape index (κ3) is 6.06. The van der Waals surface area contributed by atoms with Crippen LogP contribution in [-0.4, -0.2) is 84.2 Å². The van der Waals surface area contributed by atoms with Gasteiger partial charge in [0.1, 0.15) is 5.60 Å². The van der Waals surface area contributed by atoms with Crippen molar-refractivity contribution in [3.8, 4) is 0 Å². The van der Waals surface area contributed by atoms with Gasteiger partial charge >= 0.3 is 6.09 Å². The second-order valence-corrected chi connectivity index (χ2v) is 7.93. The fraction of sp³-hybridized carbons (Fsp3) is 0.889. The number of piperazine rings is 1. The molecule has 7 nitrogen and oxygen atoms in total. The fourth-order valence-electron chi connectivity index (χ4n) is 3.43. The number of ether oxygens (including phenoxy) is 1. The van der Waals surface area contributed by atoms with Gasteiger partial charge in [0, 0.05) is 32.2 Å². The lowest BCUT2D eigenvalue weighted by Gasteiger charge is -2.37. The maximum absolute atomic E-state index is 12.1. The van der Waals surface area contributed by atoms with Gasteiger partial charge in [-0.25, -0.2) is 4.79 Å². The highest BCUT2D eigenvalue weighted by molar-refractivity contribution is 5.78. The number of carbonyl (C=O) groups is 1. The molecule has 0 aliphatic carbocycles. The number of aliphatic imine (C=N–C) groups is 1. The van der Waals surface area contributed by atoms with Crippen LogP contribution in [0.1, 0.15) is 47.0 Å². The summed E-state index contributed by atoms with van der Waals surface area (Å²) in [6.45, 7) is 13.5. The van der Waals surface area contributed by atoms with E-state index in [4.69, 9.17) is 10.5 Å². The summed E-state index contributed by atoms with van der Waals surface area (Å²) < 4.78 is 5.43. The van der Waals surface area contributed by atoms with Crippen molar-refractivity contribution in [1.82, 2.24) is 14.7 Å². The molecule has 0 saturated carbocycles. The van der Waals surface area contributed by atoms with Crippen molar-refractivity contribution in [2.75, 3.05) is 45.8 Å². The lowest BCUT2D eigenvalue weighted by atomic mass is 10.0. The Hall–Kier alpha value is -1.50. The van der Waals surface area contributed by atoms with Gasteiger partial charge in [0.05, 0.1) is 6.54 Å². The van der Waals surface area contributed by atoms with Gasteiger partial charge in [-0.05, 0) is 46.7 Å². The second kappa shape index (κ2) is 8.74. The first kappa shape index (κ1) is 19.8. The van der Waals surface area contributed by atoms with Crippen LogP contribution in [0.25, 0.3) is 0 Å². The summed E-state index contributed by atoms with van der Waals surface area (Å²) in [6, 6.07) is 0.514. The van der Waals surface area contributed by atoms with Crippen LogP contribution in [0, 0.1) is 0 Å². The first-order valence-electron chi connectivity index (χ1n) is 9.57. The Kier molecular flexibility index (Phi) is 6.93. The molecule has 0 spiro atoms. The summed E-state index contributed by atoms with van der Waals surface area (Å²) in [5.41, 5.74) is 5.74. The highest BCUT2D eigenvalue weighted by atomic mass is 16.6. The summed E-state index contributed by atoms with van der Waals surface area (Å²) in [5, 5.41) is 0. The molecule has 2 aliphatic rings. The van der Waals surface area contributed by atoms with Crippen LogP contribution in [0.2, 0.25) is 0 Å². The number of nitrogens with two attached hydrogens (primary N) is 1. The highest BCUT2D eigenvalue weighted by Crippen LogP contribution is 2.17. The predicted molar refractivity (Wildman–Crippen MR) is 101 cm³/mol. The molecule has 1 amide bonds. The molecule has 0 aromatic rings. The van der Waals surface area contributed by atoms with Gasteiger partial charge in [0.25, 0.3) is 0 Å². The summed E-state index contributed by atoms with van der Waals surface area (Å²) in [6.07, 6.45) is 3.53. The Morgan fingerprint density at radius 1 is 1.12 bits per heavy atom. The van der Waals surface area contributed by atoms with E-state index < -0.39 is 5.60 Å². The number of hydrogen-bond acceptors (Lipinski definition) is 4. The van der Waals surface area contributed by atoms with Crippen LogP contribution in [0.4, 0.5) is 4.79 Å². The Bertz CT molecular complexity index is 467. The zero-order chi connectivity index (χ0) is 18.4. The highest BCUT2D eigenvalue weighted by Gasteiger charge is 2.27. The maximum atomic E-state index is 12.1. The quantitative estimate of drug-likeness (QED) is 0.618. The molecule has 2 saturated heterocycles. The van der Waals surface area contributed by atoms with Crippen LogP contribution in [0.5, 0.6) is 0 Å². The first-order valence-corrected chi connectivity index (χ1v) is 9.57. The van der Waals surface area contributed by atoms with Gasteiger partial charge in [0.2, 0.25) is 0 Å². The van der Waals surface area contributed by atoms with Gasteiger partial charge in [-0.2, -0.15) is 0 Å². The van der Waals surface area contributed by atoms with E-state index in [-0.39, 0.29) is 6.09 Å². The fourth-order valence-corrected chi connectivity index (χ4v) is 3.43. The Balaban J connectivity index is 1.80. The van der Waals surface area contributed by atoms with Gasteiger partial charge in [-0.1, -0.05) is 13.3 Å². The van der Waals surface area contributed by atoms with Crippen molar-refractivity contribution in [3.05, 3.63) is 0 Å². The average molecular weight is 354 g/mol. The molecule has 25 heavy (non-hydrogen) atoms. The number of hydrogen-bond donors (Lipinski definition) is 1. The molecule has 0 radical (unpaired) electrons. The number of nitrogens with zero attached hydrogens (tertiary/aromatic N) is 4. The predicted octanol–water partition coefficient (Wildman–Crippen LogP) is 1.73. The minimum Gasteiger partial charge on any atom is -0.444 e. The zero-order valence-electron chi connectivity index (χ0n) is 16.3. The van der Waals surface area contributed by atoms with Crippen molar-refractivity contribution in [3.63, 3.8) is 0 Å². The third-order valence-corrected chi connectivity index (χ3v) is 4.87. The molecule has 1 unspecified atom stereocenters. The van der Waals surface area contributed by atoms with Gasteiger partial charge in [-0.3, -0.25) is 9.89 Å². The van der Waals surface area contributed by atoms with Crippen molar-refractivity contribution >= 4 is 12.1 Å². The van der Waals surface area contributed by atoms with Crippen LogP contribution in [0.3, 0.4) is 0 Å². The van der Waals surface area contributed by atoms with Crippen molar-refractivity contribution < 1.29 is 9.53 Å². The lowest BCUT2D eigenvalue weighted by molar-refractivity contribution is 0.0186. The number of likely N-dealkylation sites (tertiary alicyclic amines) is 1. The molecule has 2 aliphatic heterocycles. The van der Waals surface area contributed by atoms with Crippen LogP contribution in [-0.2, 0) is 4.74 Å². The normalized spacial score (nSPS) is 23.7. The summed E-state index contributed by atoms with van der Waals surface area (Å²) in [4.78, 5) is 23.1. The molecule has 0 aromatic heterocycles. The van der Waals surface area contributed by atoms with Crippen LogP contribution < -0.4 is 5.73 Å². The van der Waals surface area contributed by atoms with Gasteiger partial charge < -0.3 is 20.3 Å². The van der Waals surface area contributed by atoms with Gasteiger partial charge in [0.15, 0.2) is 5.96 Å². The maximum Gasteiger partial charge on any atom is 0.410 e. The summed E-state index contributed by atoms with van der Waals surface area (Å²) in [7, 11) is 0. The number of amides is 1. The minimum absolute atomic E-state index is 0.247. The largest absolute Gasteiger partial charge is 0.444 e. The Morgan fingerprint density at radius 3 is 2.36 bits per heavy atom. The number of carbonyl (C=O) groups excluding carboxylic acids is 1. The summed E-state index contributed by atoms with van der Waals surface area (Å²) >= 11 is 0. The molecule has 2 heterocycles. The minimum atomic E-state index is -0.458. The monoisotopic (exact) mass is 353 g/mol. The molecule has 0 bridgehead atoms. The van der Waals surface area contributed by atoms with Crippen molar-refractivity contribution in [2.24, 2.45) is 10.7 Å². The lowest BCUT2D eigenvalue weighted by Crippen LogP contribution is -2.53. The SMILES string of the molecule is CCN1CCCCC1CN=C(N)N1CCN(C(=O)OC(C)(C)C)CC1. The third-order valence-electron chi connectivity index (χ3n) is 4.87. The summed E-state index contributed by atoms with van der Waals surface area (Å²) in [5.74, 6) is 0.602. The Morgan fingerprint density at radius 2 is 1.76 bits per heavy atom. The van der Waals surface area contributed by atoms with E-state index in [1.54, 1.807) is 4.90 Å². The van der Waals surface area contributed by atoms with E-state index in [0.717, 1.165) is 13.1 Å². The molecule has 1 atom stereocenters. The average Bonchev–Trinajstić information content (AvgIpc) is 2.58. The number of likely N-dealkylation sites (N-methyl/N-ethyl adjacent to an activating group) is 1. The first-order chi connectivity index (χ1) is 11.8. The number of piperidine rings is 1. The number of rotatable bonds is 3. The van der Waals surface area contributed by atoms with Crippen molar-refractivity contribution in [2.45, 2.75) is 58.6 Å². The molecular weight excluding hydrogens is 318 g/mol. The van der Waals surface area contributed by atoms with E-state index in [2.05, 4.69) is 21.7 Å². The topological polar surface area (TPSA) is 74.4 Å². The van der Waals surface area contributed by atoms with Gasteiger partial charge in [-0.15, -0.1) is 0 Å². The molecule has 0 aromatic carbocycles. The van der Waals surface area contributed by atoms with E-state index in [0.29, 0.717) is 38.2 Å². The zero-order valence-corrected chi connectivity index (χ0v) is 16.3. The number of guanidine groups is 1. The molecular formula is C18H35N5O2. The second-order valence-electron chi connectivity index (χ2n) is 7.93. The van der Waals surface area contributed by atoms with Crippen molar-refractivity contribution in [1.29, 1.82) is 0 Å². The van der Waals surface area contributed by atoms with Crippen LogP contribution >= 0.6 is 0 Å². The van der Waals surface area contributed by atoms with E-state index >= 15 is 0 Å². The molecule has 2 fully saturated rings. The smallest absolute Gasteiger partial charge is 0.410 e.